The maximum Gasteiger partial charge on any atom is 0.264 e. The van der Waals surface area contributed by atoms with Gasteiger partial charge < -0.3 is 10.2 Å². The maximum atomic E-state index is 14.3. The van der Waals surface area contributed by atoms with E-state index in [1.807, 2.05) is 57.2 Å². The van der Waals surface area contributed by atoms with Crippen LogP contribution in [-0.4, -0.2) is 43.8 Å². The van der Waals surface area contributed by atoms with Crippen LogP contribution in [0.2, 0.25) is 0 Å². The zero-order chi connectivity index (χ0) is 30.1. The monoisotopic (exact) mass is 589 g/mol. The third-order valence-electron chi connectivity index (χ3n) is 8.18. The summed E-state index contributed by atoms with van der Waals surface area (Å²) in [7, 11) is -4.07. The van der Waals surface area contributed by atoms with Crippen molar-refractivity contribution in [3.8, 4) is 0 Å². The number of aryl methyl sites for hydroxylation is 2. The van der Waals surface area contributed by atoms with Crippen molar-refractivity contribution in [3.05, 3.63) is 95.6 Å². The number of nitrogens with one attached hydrogen (secondary N) is 1. The zero-order valence-electron chi connectivity index (χ0n) is 25.0. The second-order valence-electron chi connectivity index (χ2n) is 11.1. The molecule has 224 valence electrons. The van der Waals surface area contributed by atoms with E-state index >= 15 is 0 Å². The second-order valence-corrected chi connectivity index (χ2v) is 12.9. The SMILES string of the molecule is CCc1ccc(N(CC(=O)N(Cc2ccccc2C)[C@@H](CC)C(=O)NC2CCCCC2)S(=O)(=O)c2ccccc2)cc1. The Bertz CT molecular complexity index is 1440. The van der Waals surface area contributed by atoms with Gasteiger partial charge in [0.2, 0.25) is 11.8 Å². The summed E-state index contributed by atoms with van der Waals surface area (Å²) in [5.74, 6) is -0.612. The van der Waals surface area contributed by atoms with Crippen LogP contribution in [0.15, 0.2) is 83.8 Å². The molecule has 1 saturated carbocycles. The number of rotatable bonds is 12. The lowest BCUT2D eigenvalue weighted by atomic mass is 9.95. The first-order valence-electron chi connectivity index (χ1n) is 15.1. The van der Waals surface area contributed by atoms with Gasteiger partial charge in [-0.05, 0) is 73.6 Å². The van der Waals surface area contributed by atoms with E-state index in [0.29, 0.717) is 12.1 Å². The molecular weight excluding hydrogens is 546 g/mol. The van der Waals surface area contributed by atoms with E-state index in [9.17, 15) is 18.0 Å². The largest absolute Gasteiger partial charge is 0.352 e. The quantitative estimate of drug-likeness (QED) is 0.280. The first-order valence-corrected chi connectivity index (χ1v) is 16.5. The van der Waals surface area contributed by atoms with Crippen molar-refractivity contribution >= 4 is 27.5 Å². The number of hydrogen-bond acceptors (Lipinski definition) is 4. The van der Waals surface area contributed by atoms with Gasteiger partial charge in [0, 0.05) is 12.6 Å². The summed E-state index contributed by atoms with van der Waals surface area (Å²) in [6, 6.07) is 22.5. The van der Waals surface area contributed by atoms with Crippen LogP contribution in [0, 0.1) is 6.92 Å². The number of sulfonamides is 1. The van der Waals surface area contributed by atoms with Crippen LogP contribution in [0.5, 0.6) is 0 Å². The molecular formula is C34H43N3O4S. The first kappa shape index (κ1) is 31.3. The molecule has 0 heterocycles. The Balaban J connectivity index is 1.70. The number of hydrogen-bond donors (Lipinski definition) is 1. The van der Waals surface area contributed by atoms with Gasteiger partial charge in [-0.2, -0.15) is 0 Å². The van der Waals surface area contributed by atoms with E-state index in [1.54, 1.807) is 35.2 Å². The highest BCUT2D eigenvalue weighted by Crippen LogP contribution is 2.26. The third-order valence-corrected chi connectivity index (χ3v) is 9.97. The Morgan fingerprint density at radius 3 is 2.14 bits per heavy atom. The molecule has 4 rings (SSSR count). The Labute approximate surface area is 251 Å². The lowest BCUT2D eigenvalue weighted by Crippen LogP contribution is -2.54. The molecule has 1 N–H and O–H groups in total. The molecule has 0 radical (unpaired) electrons. The summed E-state index contributed by atoms with van der Waals surface area (Å²) in [6.07, 6.45) is 6.42. The van der Waals surface area contributed by atoms with Gasteiger partial charge in [-0.25, -0.2) is 8.42 Å². The highest BCUT2D eigenvalue weighted by molar-refractivity contribution is 7.92. The summed E-state index contributed by atoms with van der Waals surface area (Å²) < 4.78 is 29.1. The van der Waals surface area contributed by atoms with E-state index in [1.165, 1.54) is 22.9 Å². The van der Waals surface area contributed by atoms with Crippen molar-refractivity contribution in [2.75, 3.05) is 10.8 Å². The lowest BCUT2D eigenvalue weighted by molar-refractivity contribution is -0.140. The van der Waals surface area contributed by atoms with Gasteiger partial charge in [0.05, 0.1) is 10.6 Å². The first-order chi connectivity index (χ1) is 20.2. The summed E-state index contributed by atoms with van der Waals surface area (Å²) in [5.41, 5.74) is 3.38. The van der Waals surface area contributed by atoms with Crippen molar-refractivity contribution in [3.63, 3.8) is 0 Å². The van der Waals surface area contributed by atoms with Crippen LogP contribution in [0.1, 0.15) is 69.1 Å². The van der Waals surface area contributed by atoms with Crippen LogP contribution >= 0.6 is 0 Å². The van der Waals surface area contributed by atoms with E-state index in [-0.39, 0.29) is 23.4 Å². The molecule has 1 aliphatic rings. The van der Waals surface area contributed by atoms with Crippen molar-refractivity contribution in [1.82, 2.24) is 10.2 Å². The van der Waals surface area contributed by atoms with Crippen LogP contribution in [0.25, 0.3) is 0 Å². The molecule has 0 unspecified atom stereocenters. The van der Waals surface area contributed by atoms with Gasteiger partial charge in [-0.1, -0.05) is 87.7 Å². The number of carbonyl (C=O) groups is 2. The average Bonchev–Trinajstić information content (AvgIpc) is 3.01. The topological polar surface area (TPSA) is 86.8 Å². The zero-order valence-corrected chi connectivity index (χ0v) is 25.8. The summed E-state index contributed by atoms with van der Waals surface area (Å²) >= 11 is 0. The summed E-state index contributed by atoms with van der Waals surface area (Å²) in [4.78, 5) is 29.6. The molecule has 7 nitrogen and oxygen atoms in total. The van der Waals surface area contributed by atoms with Crippen molar-refractivity contribution in [2.45, 2.75) is 89.2 Å². The molecule has 1 fully saturated rings. The highest BCUT2D eigenvalue weighted by atomic mass is 32.2. The van der Waals surface area contributed by atoms with Crippen LogP contribution < -0.4 is 9.62 Å². The number of amides is 2. The molecule has 0 aromatic heterocycles. The van der Waals surface area contributed by atoms with Crippen molar-refractivity contribution in [2.24, 2.45) is 0 Å². The Morgan fingerprint density at radius 2 is 1.52 bits per heavy atom. The van der Waals surface area contributed by atoms with Gasteiger partial charge in [0.15, 0.2) is 0 Å². The lowest BCUT2D eigenvalue weighted by Gasteiger charge is -2.34. The highest BCUT2D eigenvalue weighted by Gasteiger charge is 2.34. The van der Waals surface area contributed by atoms with E-state index in [0.717, 1.165) is 48.8 Å². The molecule has 3 aromatic carbocycles. The van der Waals surface area contributed by atoms with Crippen LogP contribution in [-0.2, 0) is 32.6 Å². The minimum absolute atomic E-state index is 0.0998. The minimum Gasteiger partial charge on any atom is -0.352 e. The Kier molecular flexibility index (Phi) is 10.8. The molecule has 8 heteroatoms. The van der Waals surface area contributed by atoms with Crippen molar-refractivity contribution in [1.29, 1.82) is 0 Å². The molecule has 0 spiro atoms. The molecule has 3 aromatic rings. The van der Waals surface area contributed by atoms with Crippen LogP contribution in [0.4, 0.5) is 5.69 Å². The normalized spacial score (nSPS) is 14.6. The fourth-order valence-corrected chi connectivity index (χ4v) is 7.02. The maximum absolute atomic E-state index is 14.3. The Morgan fingerprint density at radius 1 is 0.881 bits per heavy atom. The van der Waals surface area contributed by atoms with Gasteiger partial charge in [-0.15, -0.1) is 0 Å². The summed E-state index contributed by atoms with van der Waals surface area (Å²) in [6.45, 7) is 5.68. The molecule has 0 bridgehead atoms. The van der Waals surface area contributed by atoms with Gasteiger partial charge in [0.25, 0.3) is 10.0 Å². The number of benzene rings is 3. The van der Waals surface area contributed by atoms with Crippen LogP contribution in [0.3, 0.4) is 0 Å². The average molecular weight is 590 g/mol. The standard InChI is InChI=1S/C34H43N3O4S/c1-4-27-20-22-30(23-21-27)37(42(40,41)31-18-10-7-11-19-31)25-33(38)36(24-28-15-13-12-14-26(28)3)32(5-2)34(39)35-29-16-8-6-9-17-29/h7,10-15,18-23,29,32H,4-6,8-9,16-17,24-25H2,1-3H3,(H,35,39)/t32-/m0/s1. The number of anilines is 1. The van der Waals surface area contributed by atoms with E-state index < -0.39 is 28.5 Å². The molecule has 0 saturated heterocycles. The Hall–Kier alpha value is -3.65. The molecule has 42 heavy (non-hydrogen) atoms. The van der Waals surface area contributed by atoms with Crippen molar-refractivity contribution < 1.29 is 18.0 Å². The molecule has 1 aliphatic carbocycles. The number of nitrogens with zero attached hydrogens (tertiary/aromatic N) is 2. The molecule has 0 aliphatic heterocycles. The smallest absolute Gasteiger partial charge is 0.264 e. The van der Waals surface area contributed by atoms with Gasteiger partial charge in [0.1, 0.15) is 12.6 Å². The van der Waals surface area contributed by atoms with Gasteiger partial charge >= 0.3 is 0 Å². The van der Waals surface area contributed by atoms with E-state index in [4.69, 9.17) is 0 Å². The molecule has 2 amide bonds. The third kappa shape index (κ3) is 7.59. The van der Waals surface area contributed by atoms with Gasteiger partial charge in [-0.3, -0.25) is 13.9 Å². The molecule has 1 atom stereocenters. The predicted octanol–water partition coefficient (Wildman–Crippen LogP) is 6.01. The minimum atomic E-state index is -4.07. The second kappa shape index (κ2) is 14.5. The fraction of sp³-hybridized carbons (Fsp3) is 0.412. The fourth-order valence-electron chi connectivity index (χ4n) is 5.58. The van der Waals surface area contributed by atoms with E-state index in [2.05, 4.69) is 5.32 Å². The number of carbonyl (C=O) groups excluding carboxylic acids is 2. The summed E-state index contributed by atoms with van der Waals surface area (Å²) in [5, 5.41) is 3.19. The predicted molar refractivity (Wildman–Crippen MR) is 168 cm³/mol.